The van der Waals surface area contributed by atoms with Gasteiger partial charge in [-0.3, -0.25) is 14.4 Å². The van der Waals surface area contributed by atoms with Gasteiger partial charge in [0.05, 0.1) is 13.0 Å². The van der Waals surface area contributed by atoms with E-state index in [0.717, 1.165) is 0 Å². The molecular formula is C28H45N3O7. The Labute approximate surface area is 226 Å². The molecule has 3 atom stereocenters. The third-order valence-electron chi connectivity index (χ3n) is 5.93. The van der Waals surface area contributed by atoms with Crippen molar-refractivity contribution in [3.63, 3.8) is 0 Å². The summed E-state index contributed by atoms with van der Waals surface area (Å²) in [6.07, 6.45) is 0.414. The molecular weight excluding hydrogens is 490 g/mol. The summed E-state index contributed by atoms with van der Waals surface area (Å²) in [6.45, 7) is 14.8. The summed E-state index contributed by atoms with van der Waals surface area (Å²) in [5.41, 5.74) is 0.290. The largest absolute Gasteiger partial charge is 0.508 e. The maximum absolute atomic E-state index is 14.0. The van der Waals surface area contributed by atoms with Crippen LogP contribution in [0.25, 0.3) is 0 Å². The van der Waals surface area contributed by atoms with E-state index in [-0.39, 0.29) is 37.8 Å². The average molecular weight is 536 g/mol. The number of nitrogens with zero attached hydrogens (tertiary/aromatic N) is 1. The lowest BCUT2D eigenvalue weighted by Crippen LogP contribution is -2.55. The fourth-order valence-electron chi connectivity index (χ4n) is 3.84. The van der Waals surface area contributed by atoms with Gasteiger partial charge < -0.3 is 30.1 Å². The van der Waals surface area contributed by atoms with Crippen molar-refractivity contribution in [1.29, 1.82) is 0 Å². The zero-order valence-electron chi connectivity index (χ0n) is 24.1. The molecule has 0 saturated heterocycles. The fraction of sp³-hybridized carbons (Fsp3) is 0.643. The van der Waals surface area contributed by atoms with Crippen molar-refractivity contribution in [2.75, 3.05) is 19.7 Å². The number of esters is 1. The van der Waals surface area contributed by atoms with Crippen LogP contribution in [0.1, 0.15) is 84.9 Å². The Hall–Kier alpha value is -3.30. The van der Waals surface area contributed by atoms with Crippen LogP contribution in [0.4, 0.5) is 4.79 Å². The summed E-state index contributed by atoms with van der Waals surface area (Å²) in [7, 11) is 0. The minimum absolute atomic E-state index is 0.0156. The monoisotopic (exact) mass is 535 g/mol. The highest BCUT2D eigenvalue weighted by atomic mass is 16.6. The number of amides is 3. The fourth-order valence-corrected chi connectivity index (χ4v) is 3.84. The van der Waals surface area contributed by atoms with E-state index in [9.17, 15) is 24.3 Å². The molecule has 1 rings (SSSR count). The Morgan fingerprint density at radius 1 is 1.11 bits per heavy atom. The molecule has 38 heavy (non-hydrogen) atoms. The summed E-state index contributed by atoms with van der Waals surface area (Å²) < 4.78 is 10.3. The molecule has 1 aromatic carbocycles. The second kappa shape index (κ2) is 15.2. The van der Waals surface area contributed by atoms with Crippen LogP contribution in [0.2, 0.25) is 0 Å². The van der Waals surface area contributed by atoms with Gasteiger partial charge in [0.1, 0.15) is 23.4 Å². The van der Waals surface area contributed by atoms with Gasteiger partial charge in [-0.1, -0.05) is 33.3 Å². The predicted octanol–water partition coefficient (Wildman–Crippen LogP) is 3.99. The molecule has 0 aliphatic heterocycles. The van der Waals surface area contributed by atoms with Crippen LogP contribution in [0.15, 0.2) is 18.2 Å². The molecule has 0 radical (unpaired) electrons. The lowest BCUT2D eigenvalue weighted by atomic mass is 9.95. The molecule has 3 amide bonds. The third kappa shape index (κ3) is 10.2. The van der Waals surface area contributed by atoms with E-state index in [1.54, 1.807) is 46.8 Å². The van der Waals surface area contributed by atoms with Gasteiger partial charge >= 0.3 is 12.1 Å². The number of carbonyl (C=O) groups is 4. The number of hydrogen-bond donors (Lipinski definition) is 3. The SMILES string of the molecule is CCCN(C(=O)C(NC(=O)OC(C)(C)C)C(C)CC)C(C(=O)NCCC(=O)OCC)c1ccc(O)c(C)c1. The maximum atomic E-state index is 14.0. The molecule has 0 aliphatic rings. The number of carbonyl (C=O) groups excluding carboxylic acids is 4. The molecule has 3 unspecified atom stereocenters. The van der Waals surface area contributed by atoms with Gasteiger partial charge in [0, 0.05) is 13.1 Å². The highest BCUT2D eigenvalue weighted by molar-refractivity contribution is 5.92. The van der Waals surface area contributed by atoms with E-state index >= 15 is 0 Å². The molecule has 10 nitrogen and oxygen atoms in total. The maximum Gasteiger partial charge on any atom is 0.408 e. The molecule has 0 saturated carbocycles. The van der Waals surface area contributed by atoms with Gasteiger partial charge in [0.2, 0.25) is 11.8 Å². The first-order valence-corrected chi connectivity index (χ1v) is 13.3. The standard InChI is InChI=1S/C28H45N3O7/c1-9-16-31(26(35)23(18(4)10-2)30-27(36)38-28(6,7)8)24(20-12-13-21(32)19(5)17-20)25(34)29-15-14-22(33)37-11-3/h12-13,17-18,23-24,32H,9-11,14-16H2,1-8H3,(H,29,34)(H,30,36). The van der Waals surface area contributed by atoms with Gasteiger partial charge in [-0.05, 0) is 70.2 Å². The molecule has 10 heteroatoms. The van der Waals surface area contributed by atoms with E-state index in [1.165, 1.54) is 11.0 Å². The van der Waals surface area contributed by atoms with E-state index in [0.29, 0.717) is 24.0 Å². The number of phenolic OH excluding ortho intramolecular Hbond substituents is 1. The lowest BCUT2D eigenvalue weighted by Gasteiger charge is -2.36. The van der Waals surface area contributed by atoms with Crippen molar-refractivity contribution >= 4 is 23.9 Å². The Morgan fingerprint density at radius 3 is 2.29 bits per heavy atom. The van der Waals surface area contributed by atoms with Crippen molar-refractivity contribution in [3.8, 4) is 5.75 Å². The number of hydrogen-bond acceptors (Lipinski definition) is 7. The zero-order chi connectivity index (χ0) is 29.0. The molecule has 0 heterocycles. The first-order valence-electron chi connectivity index (χ1n) is 13.3. The first kappa shape index (κ1) is 32.7. The van der Waals surface area contributed by atoms with Crippen LogP contribution < -0.4 is 10.6 Å². The number of alkyl carbamates (subject to hydrolysis) is 1. The van der Waals surface area contributed by atoms with E-state index in [2.05, 4.69) is 10.6 Å². The molecule has 0 aliphatic carbocycles. The number of aromatic hydroxyl groups is 1. The van der Waals surface area contributed by atoms with Crippen molar-refractivity contribution in [3.05, 3.63) is 29.3 Å². The summed E-state index contributed by atoms with van der Waals surface area (Å²) in [5.74, 6) is -1.54. The normalized spacial score (nSPS) is 13.6. The number of rotatable bonds is 13. The molecule has 0 spiro atoms. The van der Waals surface area contributed by atoms with Crippen LogP contribution in [0.3, 0.4) is 0 Å². The van der Waals surface area contributed by atoms with Crippen LogP contribution in [-0.4, -0.2) is 65.2 Å². The number of benzene rings is 1. The molecule has 0 bridgehead atoms. The summed E-state index contributed by atoms with van der Waals surface area (Å²) in [6, 6.07) is 2.72. The molecule has 0 fully saturated rings. The Bertz CT molecular complexity index is 958. The van der Waals surface area contributed by atoms with Gasteiger partial charge in [-0.25, -0.2) is 4.79 Å². The number of aryl methyl sites for hydroxylation is 1. The lowest BCUT2D eigenvalue weighted by molar-refractivity contribution is -0.145. The van der Waals surface area contributed by atoms with Crippen LogP contribution in [0.5, 0.6) is 5.75 Å². The minimum Gasteiger partial charge on any atom is -0.508 e. The molecule has 1 aromatic rings. The minimum atomic E-state index is -1.06. The molecule has 3 N–H and O–H groups in total. The van der Waals surface area contributed by atoms with Crippen LogP contribution >= 0.6 is 0 Å². The summed E-state index contributed by atoms with van der Waals surface area (Å²) >= 11 is 0. The predicted molar refractivity (Wildman–Crippen MR) is 144 cm³/mol. The Balaban J connectivity index is 3.43. The zero-order valence-corrected chi connectivity index (χ0v) is 24.1. The average Bonchev–Trinajstić information content (AvgIpc) is 2.82. The number of nitrogens with one attached hydrogen (secondary N) is 2. The smallest absolute Gasteiger partial charge is 0.408 e. The van der Waals surface area contributed by atoms with Crippen LogP contribution in [0, 0.1) is 12.8 Å². The number of ether oxygens (including phenoxy) is 2. The topological polar surface area (TPSA) is 134 Å². The highest BCUT2D eigenvalue weighted by Crippen LogP contribution is 2.28. The third-order valence-corrected chi connectivity index (χ3v) is 5.93. The first-order chi connectivity index (χ1) is 17.7. The van der Waals surface area contributed by atoms with Gasteiger partial charge in [-0.15, -0.1) is 0 Å². The van der Waals surface area contributed by atoms with E-state index < -0.39 is 41.6 Å². The summed E-state index contributed by atoms with van der Waals surface area (Å²) in [4.78, 5) is 53.4. The van der Waals surface area contributed by atoms with Crippen LogP contribution in [-0.2, 0) is 23.9 Å². The van der Waals surface area contributed by atoms with Gasteiger partial charge in [-0.2, -0.15) is 0 Å². The quantitative estimate of drug-likeness (QED) is 0.325. The Morgan fingerprint density at radius 2 is 1.76 bits per heavy atom. The van der Waals surface area contributed by atoms with Gasteiger partial charge in [0.25, 0.3) is 0 Å². The van der Waals surface area contributed by atoms with Crippen molar-refractivity contribution in [1.82, 2.24) is 15.5 Å². The van der Waals surface area contributed by atoms with E-state index in [1.807, 2.05) is 20.8 Å². The summed E-state index contributed by atoms with van der Waals surface area (Å²) in [5, 5.41) is 15.5. The Kier molecular flexibility index (Phi) is 13.1. The second-order valence-electron chi connectivity index (χ2n) is 10.3. The van der Waals surface area contributed by atoms with Gasteiger partial charge in [0.15, 0.2) is 0 Å². The van der Waals surface area contributed by atoms with E-state index in [4.69, 9.17) is 9.47 Å². The van der Waals surface area contributed by atoms with Crippen molar-refractivity contribution < 1.29 is 33.8 Å². The second-order valence-corrected chi connectivity index (χ2v) is 10.3. The number of phenols is 1. The van der Waals surface area contributed by atoms with Crippen molar-refractivity contribution in [2.24, 2.45) is 5.92 Å². The molecule has 214 valence electrons. The highest BCUT2D eigenvalue weighted by Gasteiger charge is 2.37. The van der Waals surface area contributed by atoms with Crippen molar-refractivity contribution in [2.45, 2.75) is 92.3 Å². The molecule has 0 aromatic heterocycles.